The first-order valence-electron chi connectivity index (χ1n) is 11.9. The van der Waals surface area contributed by atoms with Crippen LogP contribution in [-0.4, -0.2) is 41.8 Å². The molecule has 1 aliphatic rings. The van der Waals surface area contributed by atoms with Gasteiger partial charge in [0.2, 0.25) is 5.91 Å². The second-order valence-electron chi connectivity index (χ2n) is 8.90. The number of carbonyl (C=O) groups excluding carboxylic acids is 1. The zero-order valence-corrected chi connectivity index (χ0v) is 20.3. The predicted octanol–water partition coefficient (Wildman–Crippen LogP) is 4.44. The van der Waals surface area contributed by atoms with Gasteiger partial charge in [-0.15, -0.1) is 0 Å². The number of benzene rings is 2. The molecule has 7 nitrogen and oxygen atoms in total. The lowest BCUT2D eigenvalue weighted by Gasteiger charge is -2.26. The van der Waals surface area contributed by atoms with Gasteiger partial charge in [-0.2, -0.15) is 0 Å². The van der Waals surface area contributed by atoms with E-state index in [9.17, 15) is 19.1 Å². The fourth-order valence-corrected chi connectivity index (χ4v) is 5.14. The number of hydrogen-bond donors (Lipinski definition) is 2. The quantitative estimate of drug-likeness (QED) is 0.471. The molecule has 1 aromatic heterocycles. The van der Waals surface area contributed by atoms with Crippen molar-refractivity contribution in [3.8, 4) is 11.5 Å². The number of rotatable bonds is 9. The highest BCUT2D eigenvalue weighted by molar-refractivity contribution is 5.88. The number of ether oxygens (including phenoxy) is 2. The average molecular weight is 483 g/mol. The molecule has 0 spiro atoms. The van der Waals surface area contributed by atoms with E-state index in [1.165, 1.54) is 12.1 Å². The fraction of sp³-hybridized carbons (Fsp3) is 0.407. The summed E-state index contributed by atoms with van der Waals surface area (Å²) in [5, 5.41) is 13.6. The molecule has 1 aliphatic carbocycles. The number of aliphatic carboxylic acids is 1. The standard InChI is InChI=1S/C27H31FN2O5/c1-4-22(27(32)33)30-23-9-6-17(28)14-20(23)21-15-18(7-10-24(21)30)29-26(31)12-5-16-13-19(34-2)8-11-25(16)35-3/h6,8-9,11,13-14,18,22H,4-5,7,10,12,15H2,1-3H3,(H,29,31)(H,32,33)/t18-,22?/m0/s1. The van der Waals surface area contributed by atoms with Gasteiger partial charge in [0, 0.05) is 29.1 Å². The Labute approximate surface area is 203 Å². The van der Waals surface area contributed by atoms with Crippen molar-refractivity contribution in [1.82, 2.24) is 9.88 Å². The molecule has 2 N–H and O–H groups in total. The van der Waals surface area contributed by atoms with Crippen molar-refractivity contribution in [2.75, 3.05) is 14.2 Å². The molecular formula is C27H31FN2O5. The first-order chi connectivity index (χ1) is 16.9. The number of nitrogens with zero attached hydrogens (tertiary/aromatic N) is 1. The SMILES string of the molecule is CCC(C(=O)O)n1c2c(c3cc(F)ccc31)C[C@@H](NC(=O)CCc1cc(OC)ccc1OC)CC2. The van der Waals surface area contributed by atoms with Crippen LogP contribution in [0, 0.1) is 5.82 Å². The van der Waals surface area contributed by atoms with Crippen molar-refractivity contribution in [3.63, 3.8) is 0 Å². The largest absolute Gasteiger partial charge is 0.497 e. The summed E-state index contributed by atoms with van der Waals surface area (Å²) in [4.78, 5) is 24.7. The maximum atomic E-state index is 14.1. The van der Waals surface area contributed by atoms with Crippen LogP contribution in [0.15, 0.2) is 36.4 Å². The van der Waals surface area contributed by atoms with E-state index in [2.05, 4.69) is 5.32 Å². The van der Waals surface area contributed by atoms with Crippen molar-refractivity contribution in [1.29, 1.82) is 0 Å². The summed E-state index contributed by atoms with van der Waals surface area (Å²) in [6, 6.07) is 9.19. The molecule has 1 unspecified atom stereocenters. The minimum Gasteiger partial charge on any atom is -0.497 e. The number of carbonyl (C=O) groups is 2. The highest BCUT2D eigenvalue weighted by Gasteiger charge is 2.31. The lowest BCUT2D eigenvalue weighted by atomic mass is 9.91. The highest BCUT2D eigenvalue weighted by Crippen LogP contribution is 2.36. The van der Waals surface area contributed by atoms with Gasteiger partial charge in [-0.25, -0.2) is 9.18 Å². The third kappa shape index (κ3) is 4.97. The maximum absolute atomic E-state index is 14.1. The van der Waals surface area contributed by atoms with Gasteiger partial charge in [0.25, 0.3) is 0 Å². The van der Waals surface area contributed by atoms with Crippen molar-refractivity contribution >= 4 is 22.8 Å². The van der Waals surface area contributed by atoms with E-state index in [0.29, 0.717) is 50.0 Å². The molecule has 186 valence electrons. The van der Waals surface area contributed by atoms with Gasteiger partial charge in [-0.3, -0.25) is 4.79 Å². The van der Waals surface area contributed by atoms with E-state index in [4.69, 9.17) is 9.47 Å². The molecule has 0 saturated heterocycles. The number of amides is 1. The minimum atomic E-state index is -0.903. The Bertz CT molecular complexity index is 1250. The van der Waals surface area contributed by atoms with Crippen molar-refractivity contribution in [2.24, 2.45) is 0 Å². The molecule has 3 aromatic rings. The van der Waals surface area contributed by atoms with Crippen LogP contribution in [0.3, 0.4) is 0 Å². The van der Waals surface area contributed by atoms with Gasteiger partial charge >= 0.3 is 5.97 Å². The lowest BCUT2D eigenvalue weighted by molar-refractivity contribution is -0.141. The Hall–Kier alpha value is -3.55. The average Bonchev–Trinajstić information content (AvgIpc) is 3.15. The Morgan fingerprint density at radius 1 is 1.20 bits per heavy atom. The van der Waals surface area contributed by atoms with Crippen LogP contribution in [0.1, 0.15) is 49.0 Å². The van der Waals surface area contributed by atoms with Crippen LogP contribution in [0.4, 0.5) is 4.39 Å². The number of halogens is 1. The molecule has 0 bridgehead atoms. The van der Waals surface area contributed by atoms with Gasteiger partial charge in [0.05, 0.1) is 14.2 Å². The number of nitrogens with one attached hydrogen (secondary N) is 1. The van der Waals surface area contributed by atoms with Gasteiger partial charge < -0.3 is 24.5 Å². The summed E-state index contributed by atoms with van der Waals surface area (Å²) < 4.78 is 26.7. The molecule has 35 heavy (non-hydrogen) atoms. The Morgan fingerprint density at radius 3 is 2.69 bits per heavy atom. The van der Waals surface area contributed by atoms with E-state index < -0.39 is 12.0 Å². The molecule has 0 radical (unpaired) electrons. The van der Waals surface area contributed by atoms with Crippen LogP contribution in [0.25, 0.3) is 10.9 Å². The number of carboxylic acids is 1. The first kappa shape index (κ1) is 24.6. The van der Waals surface area contributed by atoms with Crippen LogP contribution < -0.4 is 14.8 Å². The van der Waals surface area contributed by atoms with Crippen LogP contribution >= 0.6 is 0 Å². The van der Waals surface area contributed by atoms with Crippen LogP contribution in [-0.2, 0) is 28.9 Å². The zero-order valence-electron chi connectivity index (χ0n) is 20.3. The second-order valence-corrected chi connectivity index (χ2v) is 8.90. The molecule has 2 atom stereocenters. The van der Waals surface area contributed by atoms with E-state index in [0.717, 1.165) is 27.7 Å². The van der Waals surface area contributed by atoms with Crippen LogP contribution in [0.2, 0.25) is 0 Å². The number of methoxy groups -OCH3 is 2. The summed E-state index contributed by atoms with van der Waals surface area (Å²) in [5.74, 6) is 0.0744. The molecule has 0 saturated carbocycles. The van der Waals surface area contributed by atoms with Crippen molar-refractivity contribution < 1.29 is 28.6 Å². The first-order valence-corrected chi connectivity index (χ1v) is 11.9. The van der Waals surface area contributed by atoms with E-state index in [-0.39, 0.29) is 17.8 Å². The monoisotopic (exact) mass is 482 g/mol. The number of hydrogen-bond acceptors (Lipinski definition) is 4. The number of fused-ring (bicyclic) bond motifs is 3. The molecule has 2 aromatic carbocycles. The zero-order chi connectivity index (χ0) is 25.1. The Balaban J connectivity index is 1.52. The summed E-state index contributed by atoms with van der Waals surface area (Å²) in [7, 11) is 3.19. The van der Waals surface area contributed by atoms with E-state index >= 15 is 0 Å². The van der Waals surface area contributed by atoms with Gasteiger partial charge in [-0.1, -0.05) is 6.92 Å². The number of aromatic nitrogens is 1. The molecular weight excluding hydrogens is 451 g/mol. The number of carboxylic acid groups (broad SMARTS) is 1. The molecule has 0 aliphatic heterocycles. The smallest absolute Gasteiger partial charge is 0.326 e. The third-order valence-electron chi connectivity index (χ3n) is 6.82. The topological polar surface area (TPSA) is 89.8 Å². The Kier molecular flexibility index (Phi) is 7.28. The summed E-state index contributed by atoms with van der Waals surface area (Å²) in [6.45, 7) is 1.84. The maximum Gasteiger partial charge on any atom is 0.326 e. The number of aryl methyl sites for hydroxylation is 1. The minimum absolute atomic E-state index is 0.0739. The summed E-state index contributed by atoms with van der Waals surface area (Å²) in [6.07, 6.45) is 3.06. The molecule has 1 amide bonds. The van der Waals surface area contributed by atoms with Gasteiger partial charge in [0.1, 0.15) is 23.4 Å². The molecule has 4 rings (SSSR count). The van der Waals surface area contributed by atoms with Crippen molar-refractivity contribution in [2.45, 2.75) is 57.5 Å². The molecule has 1 heterocycles. The normalized spacial score (nSPS) is 15.9. The third-order valence-corrected chi connectivity index (χ3v) is 6.82. The second kappa shape index (κ2) is 10.4. The van der Waals surface area contributed by atoms with E-state index in [1.807, 2.05) is 29.7 Å². The fourth-order valence-electron chi connectivity index (χ4n) is 5.14. The molecule has 0 fully saturated rings. The highest BCUT2D eigenvalue weighted by atomic mass is 19.1. The Morgan fingerprint density at radius 2 is 2.00 bits per heavy atom. The predicted molar refractivity (Wildman–Crippen MR) is 131 cm³/mol. The molecule has 8 heteroatoms. The summed E-state index contributed by atoms with van der Waals surface area (Å²) >= 11 is 0. The summed E-state index contributed by atoms with van der Waals surface area (Å²) in [5.41, 5.74) is 3.46. The van der Waals surface area contributed by atoms with Gasteiger partial charge in [-0.05, 0) is 79.6 Å². The van der Waals surface area contributed by atoms with Crippen molar-refractivity contribution in [3.05, 3.63) is 59.0 Å². The lowest BCUT2D eigenvalue weighted by Crippen LogP contribution is -2.39. The van der Waals surface area contributed by atoms with Gasteiger partial charge in [0.15, 0.2) is 0 Å². The van der Waals surface area contributed by atoms with E-state index in [1.54, 1.807) is 20.3 Å². The van der Waals surface area contributed by atoms with Crippen LogP contribution in [0.5, 0.6) is 11.5 Å².